The second-order valence-electron chi connectivity index (χ2n) is 8.02. The van der Waals surface area contributed by atoms with E-state index < -0.39 is 5.25 Å². The Morgan fingerprint density at radius 2 is 1.71 bits per heavy atom. The average molecular weight is 581 g/mol. The molecular weight excluding hydrogens is 561 g/mol. The van der Waals surface area contributed by atoms with Crippen molar-refractivity contribution in [1.82, 2.24) is 4.98 Å². The topological polar surface area (TPSA) is 84.2 Å². The second-order valence-corrected chi connectivity index (χ2v) is 10.9. The number of rotatable bonds is 8. The van der Waals surface area contributed by atoms with Gasteiger partial charge in [-0.05, 0) is 60.2 Å². The van der Waals surface area contributed by atoms with Gasteiger partial charge in [0.1, 0.15) is 5.25 Å². The number of carbonyl (C=O) groups excluding carboxylic acids is 2. The third-order valence-electron chi connectivity index (χ3n) is 5.39. The number of aromatic nitrogens is 1. The molecule has 0 fully saturated rings. The minimum Gasteiger partial charge on any atom is -0.459 e. The maximum atomic E-state index is 13.4. The number of nitrogens with zero attached hydrogens (tertiary/aromatic N) is 1. The van der Waals surface area contributed by atoms with Gasteiger partial charge in [-0.3, -0.25) is 9.59 Å². The van der Waals surface area contributed by atoms with Gasteiger partial charge in [0, 0.05) is 26.5 Å². The van der Waals surface area contributed by atoms with Crippen LogP contribution in [0.1, 0.15) is 21.4 Å². The Morgan fingerprint density at radius 3 is 2.42 bits per heavy atom. The maximum Gasteiger partial charge on any atom is 0.291 e. The molecule has 0 aliphatic carbocycles. The van der Waals surface area contributed by atoms with Gasteiger partial charge in [0.2, 0.25) is 5.91 Å². The molecule has 1 unspecified atom stereocenters. The summed E-state index contributed by atoms with van der Waals surface area (Å²) in [6.45, 7) is 0. The first kappa shape index (κ1) is 26.1. The quantitative estimate of drug-likeness (QED) is 0.180. The molecule has 2 amide bonds. The first-order valence-corrected chi connectivity index (χ1v) is 13.9. The van der Waals surface area contributed by atoms with Crippen molar-refractivity contribution >= 4 is 68.9 Å². The Kier molecular flexibility index (Phi) is 8.14. The van der Waals surface area contributed by atoms with Crippen LogP contribution >= 0.6 is 46.3 Å². The average Bonchev–Trinajstić information content (AvgIpc) is 3.62. The molecule has 0 radical (unpaired) electrons. The SMILES string of the molecule is O=C(Nc1ccc(SC(C(=O)Nc2nc(-c3ccc(Cl)cc3Cl)cs2)c2ccccc2)cc1)c1ccco1. The predicted octanol–water partition coefficient (Wildman–Crippen LogP) is 8.43. The Hall–Kier alpha value is -3.56. The Bertz CT molecular complexity index is 1560. The fourth-order valence-corrected chi connectivity index (χ4v) is 5.82. The van der Waals surface area contributed by atoms with E-state index in [0.29, 0.717) is 26.6 Å². The van der Waals surface area contributed by atoms with Gasteiger partial charge < -0.3 is 15.1 Å². The largest absolute Gasteiger partial charge is 0.459 e. The van der Waals surface area contributed by atoms with Gasteiger partial charge in [0.25, 0.3) is 5.91 Å². The van der Waals surface area contributed by atoms with Crippen LogP contribution in [-0.2, 0) is 4.79 Å². The highest BCUT2D eigenvalue weighted by Gasteiger charge is 2.23. The van der Waals surface area contributed by atoms with Crippen molar-refractivity contribution < 1.29 is 14.0 Å². The lowest BCUT2D eigenvalue weighted by atomic mass is 10.1. The van der Waals surface area contributed by atoms with Crippen LogP contribution in [0.4, 0.5) is 10.8 Å². The molecule has 0 saturated heterocycles. The standard InChI is InChI=1S/C28H19Cl2N3O3S2/c29-18-8-13-21(22(30)15-18)23-16-37-28(32-23)33-27(35)25(17-5-2-1-3-6-17)38-20-11-9-19(10-12-20)31-26(34)24-7-4-14-36-24/h1-16,25H,(H,31,34)(H,32,33,35). The number of carbonyl (C=O) groups is 2. The minimum absolute atomic E-state index is 0.209. The van der Waals surface area contributed by atoms with E-state index in [9.17, 15) is 9.59 Å². The fraction of sp³-hybridized carbons (Fsp3) is 0.0357. The number of anilines is 2. The van der Waals surface area contributed by atoms with E-state index in [2.05, 4.69) is 15.6 Å². The van der Waals surface area contributed by atoms with Gasteiger partial charge in [-0.15, -0.1) is 23.1 Å². The van der Waals surface area contributed by atoms with Crippen LogP contribution in [0.15, 0.2) is 106 Å². The van der Waals surface area contributed by atoms with Crippen LogP contribution in [-0.4, -0.2) is 16.8 Å². The monoisotopic (exact) mass is 579 g/mol. The Morgan fingerprint density at radius 1 is 0.921 bits per heavy atom. The molecule has 5 aromatic rings. The van der Waals surface area contributed by atoms with Crippen molar-refractivity contribution in [3.05, 3.63) is 118 Å². The molecule has 0 spiro atoms. The van der Waals surface area contributed by atoms with Crippen LogP contribution in [0.2, 0.25) is 10.0 Å². The maximum absolute atomic E-state index is 13.4. The molecule has 6 nitrogen and oxygen atoms in total. The molecule has 38 heavy (non-hydrogen) atoms. The van der Waals surface area contributed by atoms with Gasteiger partial charge in [0.15, 0.2) is 10.9 Å². The molecule has 1 atom stereocenters. The van der Waals surface area contributed by atoms with Crippen LogP contribution < -0.4 is 10.6 Å². The number of furan rings is 1. The molecule has 2 aromatic heterocycles. The summed E-state index contributed by atoms with van der Waals surface area (Å²) in [4.78, 5) is 31.1. The highest BCUT2D eigenvalue weighted by molar-refractivity contribution is 8.00. The van der Waals surface area contributed by atoms with Crippen molar-refractivity contribution in [2.45, 2.75) is 10.1 Å². The molecule has 2 heterocycles. The predicted molar refractivity (Wildman–Crippen MR) is 154 cm³/mol. The number of thioether (sulfide) groups is 1. The van der Waals surface area contributed by atoms with E-state index in [0.717, 1.165) is 16.0 Å². The smallest absolute Gasteiger partial charge is 0.291 e. The molecule has 10 heteroatoms. The zero-order valence-electron chi connectivity index (χ0n) is 19.6. The van der Waals surface area contributed by atoms with Crippen LogP contribution in [0, 0.1) is 0 Å². The van der Waals surface area contributed by atoms with Crippen molar-refractivity contribution in [2.24, 2.45) is 0 Å². The molecule has 0 aliphatic rings. The van der Waals surface area contributed by atoms with E-state index in [1.807, 2.05) is 47.8 Å². The second kappa shape index (κ2) is 11.9. The van der Waals surface area contributed by atoms with E-state index in [1.165, 1.54) is 29.4 Å². The molecule has 5 rings (SSSR count). The summed E-state index contributed by atoms with van der Waals surface area (Å²) in [5.74, 6) is -0.313. The Labute approximate surface area is 237 Å². The minimum atomic E-state index is -0.536. The van der Waals surface area contributed by atoms with Gasteiger partial charge in [0.05, 0.1) is 17.0 Å². The van der Waals surface area contributed by atoms with Crippen molar-refractivity contribution in [1.29, 1.82) is 0 Å². The number of nitrogens with one attached hydrogen (secondary N) is 2. The first-order valence-electron chi connectivity index (χ1n) is 11.3. The summed E-state index contributed by atoms with van der Waals surface area (Å²) in [6.07, 6.45) is 1.45. The number of thiazole rings is 1. The number of halogens is 2. The lowest BCUT2D eigenvalue weighted by molar-refractivity contribution is -0.115. The molecule has 190 valence electrons. The summed E-state index contributed by atoms with van der Waals surface area (Å²) < 4.78 is 5.13. The fourth-order valence-electron chi connectivity index (χ4n) is 3.58. The normalized spacial score (nSPS) is 11.6. The molecule has 2 N–H and O–H groups in total. The summed E-state index contributed by atoms with van der Waals surface area (Å²) >= 11 is 15.1. The van der Waals surface area contributed by atoms with Crippen LogP contribution in [0.3, 0.4) is 0 Å². The van der Waals surface area contributed by atoms with Crippen LogP contribution in [0.5, 0.6) is 0 Å². The van der Waals surface area contributed by atoms with Crippen molar-refractivity contribution in [2.75, 3.05) is 10.6 Å². The molecule has 3 aromatic carbocycles. The van der Waals surface area contributed by atoms with Gasteiger partial charge in [-0.25, -0.2) is 4.98 Å². The highest BCUT2D eigenvalue weighted by Crippen LogP contribution is 2.38. The van der Waals surface area contributed by atoms with E-state index in [4.69, 9.17) is 27.6 Å². The molecule has 0 saturated carbocycles. The zero-order valence-corrected chi connectivity index (χ0v) is 22.7. The summed E-state index contributed by atoms with van der Waals surface area (Å²) in [5, 5.41) is 8.53. The number of hydrogen-bond acceptors (Lipinski definition) is 6. The van der Waals surface area contributed by atoms with E-state index >= 15 is 0 Å². The Balaban J connectivity index is 1.31. The molecule has 0 aliphatic heterocycles. The van der Waals surface area contributed by atoms with Gasteiger partial charge in [-0.1, -0.05) is 53.5 Å². The summed E-state index contributed by atoms with van der Waals surface area (Å²) in [6, 6.07) is 25.3. The number of benzene rings is 3. The summed E-state index contributed by atoms with van der Waals surface area (Å²) in [5.41, 5.74) is 2.86. The van der Waals surface area contributed by atoms with Gasteiger partial charge in [-0.2, -0.15) is 0 Å². The zero-order chi connectivity index (χ0) is 26.5. The first-order chi connectivity index (χ1) is 18.5. The highest BCUT2D eigenvalue weighted by atomic mass is 35.5. The lowest BCUT2D eigenvalue weighted by Crippen LogP contribution is -2.19. The lowest BCUT2D eigenvalue weighted by Gasteiger charge is -2.16. The molecular formula is C28H19Cl2N3O3S2. The molecule has 0 bridgehead atoms. The third-order valence-corrected chi connectivity index (χ3v) is 7.96. The van der Waals surface area contributed by atoms with Crippen LogP contribution in [0.25, 0.3) is 11.3 Å². The third kappa shape index (κ3) is 6.28. The van der Waals surface area contributed by atoms with Crippen molar-refractivity contribution in [3.63, 3.8) is 0 Å². The van der Waals surface area contributed by atoms with E-state index in [-0.39, 0.29) is 17.6 Å². The van der Waals surface area contributed by atoms with E-state index in [1.54, 1.807) is 42.5 Å². The summed E-state index contributed by atoms with van der Waals surface area (Å²) in [7, 11) is 0. The van der Waals surface area contributed by atoms with Crippen molar-refractivity contribution in [3.8, 4) is 11.3 Å². The number of amides is 2. The number of hydrogen-bond donors (Lipinski definition) is 2. The van der Waals surface area contributed by atoms with Gasteiger partial charge >= 0.3 is 0 Å².